The zero-order valence-electron chi connectivity index (χ0n) is 16.0. The summed E-state index contributed by atoms with van der Waals surface area (Å²) in [5.74, 6) is 1.27. The third kappa shape index (κ3) is 11.9. The van der Waals surface area contributed by atoms with Gasteiger partial charge in [0, 0.05) is 6.07 Å². The summed E-state index contributed by atoms with van der Waals surface area (Å²) in [6, 6.07) is 6.47. The van der Waals surface area contributed by atoms with Crippen LogP contribution in [0.5, 0.6) is 0 Å². The monoisotopic (exact) mass is 398 g/mol. The number of aryl methyl sites for hydroxylation is 1. The maximum Gasteiger partial charge on any atom is 0.274 e. The van der Waals surface area contributed by atoms with Crippen LogP contribution < -0.4 is 26.9 Å². The molecule has 140 valence electrons. The second-order valence-electron chi connectivity index (χ2n) is 6.74. The molecule has 0 amide bonds. The summed E-state index contributed by atoms with van der Waals surface area (Å²) in [5.41, 5.74) is 0. The lowest BCUT2D eigenvalue weighted by Gasteiger charge is -2.07. The van der Waals surface area contributed by atoms with Crippen LogP contribution in [0, 0.1) is 0 Å². The molecule has 2 nitrogen and oxygen atoms in total. The van der Waals surface area contributed by atoms with E-state index in [4.69, 9.17) is 0 Å². The van der Waals surface area contributed by atoms with Crippen LogP contribution in [0.15, 0.2) is 24.4 Å². The van der Waals surface area contributed by atoms with E-state index in [1.54, 1.807) is 0 Å². The SMILES string of the molecule is CCCCCCCCCCCC[n+]1ccccc1NCCCC.[Br-]. The second kappa shape index (κ2) is 17.3. The molecule has 0 radical (unpaired) electrons. The van der Waals surface area contributed by atoms with Gasteiger partial charge in [0.2, 0.25) is 0 Å². The van der Waals surface area contributed by atoms with Crippen molar-refractivity contribution in [2.45, 2.75) is 97.4 Å². The molecule has 3 heteroatoms. The Morgan fingerprint density at radius 2 is 1.33 bits per heavy atom. The summed E-state index contributed by atoms with van der Waals surface area (Å²) in [6.45, 7) is 6.75. The fraction of sp³-hybridized carbons (Fsp3) is 0.762. The summed E-state index contributed by atoms with van der Waals surface area (Å²) in [4.78, 5) is 0. The fourth-order valence-corrected chi connectivity index (χ4v) is 2.99. The average molecular weight is 399 g/mol. The summed E-state index contributed by atoms with van der Waals surface area (Å²) in [6.07, 6.45) is 18.7. The number of hydrogen-bond donors (Lipinski definition) is 1. The molecule has 0 aliphatic carbocycles. The Hall–Kier alpha value is -0.570. The first-order valence-electron chi connectivity index (χ1n) is 10.1. The Bertz CT molecular complexity index is 382. The van der Waals surface area contributed by atoms with E-state index in [-0.39, 0.29) is 17.0 Å². The molecule has 0 aliphatic rings. The molecule has 0 atom stereocenters. The molecule has 0 bridgehead atoms. The molecule has 1 N–H and O–H groups in total. The van der Waals surface area contributed by atoms with Gasteiger partial charge in [0.05, 0.1) is 19.3 Å². The van der Waals surface area contributed by atoms with Crippen LogP contribution >= 0.6 is 0 Å². The number of anilines is 1. The van der Waals surface area contributed by atoms with Crippen molar-refractivity contribution in [2.24, 2.45) is 0 Å². The molecule has 1 aromatic rings. The van der Waals surface area contributed by atoms with E-state index in [0.29, 0.717) is 0 Å². The summed E-state index contributed by atoms with van der Waals surface area (Å²) >= 11 is 0. The van der Waals surface area contributed by atoms with E-state index < -0.39 is 0 Å². The van der Waals surface area contributed by atoms with Gasteiger partial charge in [-0.05, 0) is 25.3 Å². The average Bonchev–Trinajstić information content (AvgIpc) is 2.58. The van der Waals surface area contributed by atoms with Crippen molar-refractivity contribution in [1.82, 2.24) is 0 Å². The van der Waals surface area contributed by atoms with Gasteiger partial charge >= 0.3 is 0 Å². The van der Waals surface area contributed by atoms with Crippen molar-refractivity contribution in [3.05, 3.63) is 24.4 Å². The smallest absolute Gasteiger partial charge is 0.274 e. The molecule has 1 heterocycles. The van der Waals surface area contributed by atoms with Crippen molar-refractivity contribution >= 4 is 5.82 Å². The molecule has 0 aromatic carbocycles. The van der Waals surface area contributed by atoms with E-state index in [1.165, 1.54) is 82.9 Å². The predicted octanol–water partition coefficient (Wildman–Crippen LogP) is 3.11. The largest absolute Gasteiger partial charge is 1.00 e. The van der Waals surface area contributed by atoms with Gasteiger partial charge < -0.3 is 17.0 Å². The number of aromatic nitrogens is 1. The maximum absolute atomic E-state index is 3.56. The third-order valence-electron chi connectivity index (χ3n) is 4.53. The lowest BCUT2D eigenvalue weighted by molar-refractivity contribution is -0.683. The first kappa shape index (κ1) is 23.4. The van der Waals surface area contributed by atoms with Gasteiger partial charge in [0.15, 0.2) is 0 Å². The highest BCUT2D eigenvalue weighted by Crippen LogP contribution is 2.10. The van der Waals surface area contributed by atoms with Crippen LogP contribution in [0.25, 0.3) is 0 Å². The summed E-state index contributed by atoms with van der Waals surface area (Å²) < 4.78 is 2.38. The second-order valence-corrected chi connectivity index (χ2v) is 6.74. The lowest BCUT2D eigenvalue weighted by Crippen LogP contribution is -3.00. The number of pyridine rings is 1. The lowest BCUT2D eigenvalue weighted by atomic mass is 10.1. The first-order valence-corrected chi connectivity index (χ1v) is 10.1. The van der Waals surface area contributed by atoms with Gasteiger partial charge in [-0.25, -0.2) is 4.57 Å². The first-order chi connectivity index (χ1) is 11.4. The minimum atomic E-state index is 0. The van der Waals surface area contributed by atoms with Gasteiger partial charge in [0.1, 0.15) is 0 Å². The van der Waals surface area contributed by atoms with Gasteiger partial charge in [0.25, 0.3) is 5.82 Å². The number of rotatable bonds is 15. The van der Waals surface area contributed by atoms with Gasteiger partial charge in [-0.2, -0.15) is 0 Å². The molecule has 0 saturated heterocycles. The zero-order valence-corrected chi connectivity index (χ0v) is 17.6. The van der Waals surface area contributed by atoms with E-state index in [2.05, 4.69) is 48.1 Å². The highest BCUT2D eigenvalue weighted by Gasteiger charge is 2.06. The molecule has 0 unspecified atom stereocenters. The fourth-order valence-electron chi connectivity index (χ4n) is 2.99. The van der Waals surface area contributed by atoms with Crippen molar-refractivity contribution < 1.29 is 21.5 Å². The Labute approximate surface area is 161 Å². The molecule has 0 fully saturated rings. The minimum Gasteiger partial charge on any atom is -1.00 e. The van der Waals surface area contributed by atoms with Crippen LogP contribution in [0.1, 0.15) is 90.9 Å². The van der Waals surface area contributed by atoms with Crippen LogP contribution in [0.3, 0.4) is 0 Å². The Morgan fingerprint density at radius 3 is 1.96 bits per heavy atom. The molecule has 1 aromatic heterocycles. The Morgan fingerprint density at radius 1 is 0.750 bits per heavy atom. The van der Waals surface area contributed by atoms with Gasteiger partial charge in [-0.3, -0.25) is 5.32 Å². The molecular formula is C21H39BrN2. The highest BCUT2D eigenvalue weighted by atomic mass is 79.9. The maximum atomic E-state index is 3.56. The summed E-state index contributed by atoms with van der Waals surface area (Å²) in [7, 11) is 0. The van der Waals surface area contributed by atoms with Crippen LogP contribution in [-0.4, -0.2) is 6.54 Å². The number of nitrogens with zero attached hydrogens (tertiary/aromatic N) is 1. The van der Waals surface area contributed by atoms with Crippen LogP contribution in [0.2, 0.25) is 0 Å². The number of nitrogens with one attached hydrogen (secondary N) is 1. The number of halogens is 1. The zero-order chi connectivity index (χ0) is 16.6. The molecule has 0 saturated carbocycles. The van der Waals surface area contributed by atoms with E-state index >= 15 is 0 Å². The normalized spacial score (nSPS) is 10.4. The van der Waals surface area contributed by atoms with Crippen molar-refractivity contribution in [1.29, 1.82) is 0 Å². The molecule has 0 aliphatic heterocycles. The van der Waals surface area contributed by atoms with Crippen molar-refractivity contribution in [3.63, 3.8) is 0 Å². The third-order valence-corrected chi connectivity index (χ3v) is 4.53. The Kier molecular flexibility index (Phi) is 16.8. The quantitative estimate of drug-likeness (QED) is 0.354. The molecule has 1 rings (SSSR count). The number of unbranched alkanes of at least 4 members (excludes halogenated alkanes) is 10. The van der Waals surface area contributed by atoms with E-state index in [0.717, 1.165) is 13.1 Å². The predicted molar refractivity (Wildman–Crippen MR) is 102 cm³/mol. The highest BCUT2D eigenvalue weighted by molar-refractivity contribution is 5.26. The standard InChI is InChI=1S/C21H38N2.BrH/c1-3-5-7-8-9-10-11-12-13-15-19-23-20-16-14-17-21(23)22-18-6-4-2;/h14,16-17,20H,3-13,15,18-19H2,1-2H3;1H. The number of hydrogen-bond acceptors (Lipinski definition) is 1. The van der Waals surface area contributed by atoms with Crippen LogP contribution in [0.4, 0.5) is 5.82 Å². The molecule has 24 heavy (non-hydrogen) atoms. The topological polar surface area (TPSA) is 15.9 Å². The summed E-state index contributed by atoms with van der Waals surface area (Å²) in [5, 5.41) is 3.56. The van der Waals surface area contributed by atoms with Gasteiger partial charge in [-0.15, -0.1) is 0 Å². The van der Waals surface area contributed by atoms with Crippen LogP contribution in [-0.2, 0) is 6.54 Å². The van der Waals surface area contributed by atoms with Crippen molar-refractivity contribution in [2.75, 3.05) is 11.9 Å². The van der Waals surface area contributed by atoms with E-state index in [9.17, 15) is 0 Å². The minimum absolute atomic E-state index is 0. The van der Waals surface area contributed by atoms with E-state index in [1.807, 2.05) is 0 Å². The van der Waals surface area contributed by atoms with Crippen molar-refractivity contribution in [3.8, 4) is 0 Å². The molecular weight excluding hydrogens is 360 g/mol. The van der Waals surface area contributed by atoms with Gasteiger partial charge in [-0.1, -0.05) is 77.7 Å². The molecule has 0 spiro atoms. The Balaban J connectivity index is 0.00000529.